The van der Waals surface area contributed by atoms with E-state index in [1.807, 2.05) is 22.6 Å². The van der Waals surface area contributed by atoms with E-state index in [0.717, 1.165) is 37.3 Å². The number of pyridine rings is 1. The molecule has 1 fully saturated rings. The Morgan fingerprint density at radius 3 is 2.76 bits per heavy atom. The molecule has 21 heavy (non-hydrogen) atoms. The average Bonchev–Trinajstić information content (AvgIpc) is 2.94. The van der Waals surface area contributed by atoms with Gasteiger partial charge in [-0.1, -0.05) is 6.07 Å². The molecule has 3 rings (SSSR count). The molecule has 112 valence electrons. The van der Waals surface area contributed by atoms with Crippen molar-refractivity contribution in [3.63, 3.8) is 0 Å². The van der Waals surface area contributed by atoms with Crippen LogP contribution in [0.15, 0.2) is 18.2 Å². The van der Waals surface area contributed by atoms with E-state index in [4.69, 9.17) is 9.47 Å². The topological polar surface area (TPSA) is 64.9 Å². The van der Waals surface area contributed by atoms with Crippen molar-refractivity contribution in [2.45, 2.75) is 18.8 Å². The number of rotatable bonds is 3. The highest BCUT2D eigenvalue weighted by Gasteiger charge is 2.26. The Kier molecular flexibility index (Phi) is 3.79. The Balaban J connectivity index is 2.19. The monoisotopic (exact) mass is 289 g/mol. The normalized spacial score (nSPS) is 16.1. The molecule has 2 aromatic heterocycles. The fourth-order valence-corrected chi connectivity index (χ4v) is 2.89. The zero-order valence-corrected chi connectivity index (χ0v) is 12.3. The van der Waals surface area contributed by atoms with E-state index in [0.29, 0.717) is 17.5 Å². The van der Waals surface area contributed by atoms with Gasteiger partial charge in [-0.25, -0.2) is 9.78 Å². The quantitative estimate of drug-likeness (QED) is 0.869. The van der Waals surface area contributed by atoms with Gasteiger partial charge in [0.05, 0.1) is 19.7 Å². The van der Waals surface area contributed by atoms with E-state index in [9.17, 15) is 4.79 Å². The molecule has 0 amide bonds. The lowest BCUT2D eigenvalue weighted by Gasteiger charge is -2.22. The summed E-state index contributed by atoms with van der Waals surface area (Å²) in [6, 6.07) is 5.60. The summed E-state index contributed by atoms with van der Waals surface area (Å²) in [5, 5.41) is 3.34. The number of hydrogen-bond acceptors (Lipinski definition) is 5. The van der Waals surface area contributed by atoms with Gasteiger partial charge in [-0.2, -0.15) is 0 Å². The van der Waals surface area contributed by atoms with Gasteiger partial charge in [0, 0.05) is 5.92 Å². The maximum atomic E-state index is 12.0. The highest BCUT2D eigenvalue weighted by atomic mass is 16.5. The van der Waals surface area contributed by atoms with Crippen LogP contribution < -0.4 is 10.1 Å². The number of hydrogen-bond donors (Lipinski definition) is 1. The lowest BCUT2D eigenvalue weighted by atomic mass is 9.97. The molecule has 1 saturated heterocycles. The molecule has 6 heteroatoms. The van der Waals surface area contributed by atoms with Crippen molar-refractivity contribution in [1.82, 2.24) is 14.7 Å². The third-order valence-corrected chi connectivity index (χ3v) is 3.94. The van der Waals surface area contributed by atoms with Crippen LogP contribution in [0.1, 0.15) is 35.1 Å². The number of nitrogens with one attached hydrogen (secondary N) is 1. The Bertz CT molecular complexity index is 659. The Hall–Kier alpha value is -2.08. The predicted molar refractivity (Wildman–Crippen MR) is 77.9 cm³/mol. The summed E-state index contributed by atoms with van der Waals surface area (Å²) >= 11 is 0. The predicted octanol–water partition coefficient (Wildman–Crippen LogP) is 1.60. The van der Waals surface area contributed by atoms with E-state index < -0.39 is 5.97 Å². The van der Waals surface area contributed by atoms with Crippen LogP contribution in [-0.4, -0.2) is 42.7 Å². The highest BCUT2D eigenvalue weighted by molar-refractivity contribution is 5.95. The van der Waals surface area contributed by atoms with Gasteiger partial charge in [0.25, 0.3) is 0 Å². The van der Waals surface area contributed by atoms with E-state index in [2.05, 4.69) is 10.3 Å². The summed E-state index contributed by atoms with van der Waals surface area (Å²) in [5.41, 5.74) is 1.08. The molecule has 0 spiro atoms. The van der Waals surface area contributed by atoms with Crippen LogP contribution in [0.5, 0.6) is 5.88 Å². The largest absolute Gasteiger partial charge is 0.482 e. The molecule has 1 aliphatic heterocycles. The van der Waals surface area contributed by atoms with Gasteiger partial charge in [0.15, 0.2) is 11.6 Å². The van der Waals surface area contributed by atoms with Gasteiger partial charge >= 0.3 is 5.97 Å². The second-order valence-corrected chi connectivity index (χ2v) is 5.12. The Morgan fingerprint density at radius 1 is 1.33 bits per heavy atom. The van der Waals surface area contributed by atoms with Crippen LogP contribution in [0.2, 0.25) is 0 Å². The number of esters is 1. The molecule has 1 N–H and O–H groups in total. The number of aromatic nitrogens is 2. The molecule has 0 aliphatic carbocycles. The van der Waals surface area contributed by atoms with E-state index in [1.54, 1.807) is 7.11 Å². The molecule has 0 aromatic carbocycles. The number of ether oxygens (including phenoxy) is 2. The maximum Gasteiger partial charge on any atom is 0.358 e. The molecule has 1 aliphatic rings. The molecule has 0 atom stereocenters. The van der Waals surface area contributed by atoms with Crippen molar-refractivity contribution >= 4 is 11.5 Å². The molecule has 0 unspecified atom stereocenters. The standard InChI is InChI=1S/C15H19N3O3/c1-20-12-5-3-4-11-13(15(19)21-2)17-14(18(11)12)10-6-8-16-9-7-10/h3-5,10,16H,6-9H2,1-2H3. The minimum absolute atomic E-state index is 0.313. The van der Waals surface area contributed by atoms with Crippen molar-refractivity contribution in [2.24, 2.45) is 0 Å². The van der Waals surface area contributed by atoms with Gasteiger partial charge in [0.1, 0.15) is 5.82 Å². The fourth-order valence-electron chi connectivity index (χ4n) is 2.89. The summed E-state index contributed by atoms with van der Waals surface area (Å²) in [5.74, 6) is 1.46. The average molecular weight is 289 g/mol. The molecule has 6 nitrogen and oxygen atoms in total. The van der Waals surface area contributed by atoms with Gasteiger partial charge < -0.3 is 14.8 Å². The van der Waals surface area contributed by atoms with E-state index in [1.165, 1.54) is 7.11 Å². The number of carbonyl (C=O) groups excluding carboxylic acids is 1. The Morgan fingerprint density at radius 2 is 2.10 bits per heavy atom. The first kappa shape index (κ1) is 13.9. The molecular weight excluding hydrogens is 270 g/mol. The smallest absolute Gasteiger partial charge is 0.358 e. The number of methoxy groups -OCH3 is 2. The lowest BCUT2D eigenvalue weighted by Crippen LogP contribution is -2.27. The first-order valence-corrected chi connectivity index (χ1v) is 7.10. The van der Waals surface area contributed by atoms with Crippen LogP contribution in [0.4, 0.5) is 0 Å². The second-order valence-electron chi connectivity index (χ2n) is 5.12. The molecule has 0 saturated carbocycles. The van der Waals surface area contributed by atoms with Crippen molar-refractivity contribution in [3.8, 4) is 5.88 Å². The zero-order valence-electron chi connectivity index (χ0n) is 12.3. The van der Waals surface area contributed by atoms with Crippen LogP contribution >= 0.6 is 0 Å². The first-order chi connectivity index (χ1) is 10.3. The number of imidazole rings is 1. The number of carbonyl (C=O) groups is 1. The minimum Gasteiger partial charge on any atom is -0.482 e. The summed E-state index contributed by atoms with van der Waals surface area (Å²) in [6.07, 6.45) is 2.00. The lowest BCUT2D eigenvalue weighted by molar-refractivity contribution is 0.0596. The number of nitrogens with zero attached hydrogens (tertiary/aromatic N) is 2. The van der Waals surface area contributed by atoms with Gasteiger partial charge in [-0.05, 0) is 38.1 Å². The SMILES string of the molecule is COC(=O)c1nc(C2CCNCC2)n2c(OC)cccc12. The van der Waals surface area contributed by atoms with Crippen molar-refractivity contribution in [1.29, 1.82) is 0 Å². The van der Waals surface area contributed by atoms with E-state index in [-0.39, 0.29) is 0 Å². The minimum atomic E-state index is -0.416. The van der Waals surface area contributed by atoms with Crippen LogP contribution in [0.3, 0.4) is 0 Å². The maximum absolute atomic E-state index is 12.0. The van der Waals surface area contributed by atoms with Gasteiger partial charge in [0.2, 0.25) is 0 Å². The summed E-state index contributed by atoms with van der Waals surface area (Å²) in [4.78, 5) is 16.5. The van der Waals surface area contributed by atoms with E-state index >= 15 is 0 Å². The highest BCUT2D eigenvalue weighted by Crippen LogP contribution is 2.30. The molecule has 2 aromatic rings. The van der Waals surface area contributed by atoms with Crippen LogP contribution in [0.25, 0.3) is 5.52 Å². The second kappa shape index (κ2) is 5.73. The number of piperidine rings is 1. The van der Waals surface area contributed by atoms with Crippen molar-refractivity contribution < 1.29 is 14.3 Å². The third-order valence-electron chi connectivity index (χ3n) is 3.94. The summed E-state index contributed by atoms with van der Waals surface area (Å²) < 4.78 is 12.2. The molecular formula is C15H19N3O3. The van der Waals surface area contributed by atoms with Crippen LogP contribution in [0, 0.1) is 0 Å². The first-order valence-electron chi connectivity index (χ1n) is 7.10. The van der Waals surface area contributed by atoms with Gasteiger partial charge in [-0.15, -0.1) is 0 Å². The summed E-state index contributed by atoms with van der Waals surface area (Å²) in [7, 11) is 3.00. The van der Waals surface area contributed by atoms with Gasteiger partial charge in [-0.3, -0.25) is 4.40 Å². The summed E-state index contributed by atoms with van der Waals surface area (Å²) in [6.45, 7) is 1.92. The molecule has 0 radical (unpaired) electrons. The van der Waals surface area contributed by atoms with Crippen LogP contribution in [-0.2, 0) is 4.74 Å². The molecule has 0 bridgehead atoms. The fraction of sp³-hybridized carbons (Fsp3) is 0.467. The number of fused-ring (bicyclic) bond motifs is 1. The Labute approximate surface area is 123 Å². The zero-order chi connectivity index (χ0) is 14.8. The van der Waals surface area contributed by atoms with Crippen molar-refractivity contribution in [3.05, 3.63) is 29.7 Å². The third kappa shape index (κ3) is 2.35. The van der Waals surface area contributed by atoms with Crippen molar-refractivity contribution in [2.75, 3.05) is 27.3 Å². The molecule has 3 heterocycles.